The minimum Gasteiger partial charge on any atom is -0.463 e. The molecule has 36 heavy (non-hydrogen) atoms. The fraction of sp³-hybridized carbons (Fsp3) is 0.679. The molecule has 0 radical (unpaired) electrons. The molecule has 198 valence electrons. The molecule has 8 heteroatoms. The number of carbonyl (C=O) groups excluding carboxylic acids is 3. The minimum absolute atomic E-state index is 0.00784. The molecule has 3 heterocycles. The molecule has 4 aliphatic rings. The third kappa shape index (κ3) is 6.24. The number of hydrogen-bond donors (Lipinski definition) is 1. The van der Waals surface area contributed by atoms with E-state index >= 15 is 0 Å². The first-order valence-corrected chi connectivity index (χ1v) is 15.6. The summed E-state index contributed by atoms with van der Waals surface area (Å²) in [5.74, 6) is 0.853. The Kier molecular flexibility index (Phi) is 8.97. The van der Waals surface area contributed by atoms with Crippen LogP contribution in [0.5, 0.6) is 0 Å². The molecular formula is C28H39NO5S2. The second-order valence-electron chi connectivity index (χ2n) is 11.1. The number of unbranched alkanes of at least 4 members (excludes halogenated alkanes) is 1. The number of nitrogens with one attached hydrogen (secondary N) is 1. The fourth-order valence-corrected chi connectivity index (χ4v) is 9.46. The number of cyclic esters (lactones) is 1. The van der Waals surface area contributed by atoms with Gasteiger partial charge in [-0.25, -0.2) is 4.79 Å². The first-order chi connectivity index (χ1) is 17.2. The summed E-state index contributed by atoms with van der Waals surface area (Å²) < 4.78 is 10.8. The Morgan fingerprint density at radius 1 is 1.28 bits per heavy atom. The van der Waals surface area contributed by atoms with Crippen molar-refractivity contribution < 1.29 is 23.9 Å². The summed E-state index contributed by atoms with van der Waals surface area (Å²) in [5, 5.41) is 3.94. The first kappa shape index (κ1) is 27.4. The number of amides is 1. The van der Waals surface area contributed by atoms with Gasteiger partial charge in [0, 0.05) is 29.8 Å². The Morgan fingerprint density at radius 2 is 2.11 bits per heavy atom. The van der Waals surface area contributed by atoms with Crippen LogP contribution in [0.1, 0.15) is 71.6 Å². The van der Waals surface area contributed by atoms with Crippen molar-refractivity contribution in [1.82, 2.24) is 5.32 Å². The second kappa shape index (κ2) is 11.8. The van der Waals surface area contributed by atoms with Crippen molar-refractivity contribution in [1.29, 1.82) is 0 Å². The van der Waals surface area contributed by atoms with Gasteiger partial charge >= 0.3 is 11.9 Å². The van der Waals surface area contributed by atoms with E-state index < -0.39 is 5.54 Å². The van der Waals surface area contributed by atoms with Crippen molar-refractivity contribution in [3.05, 3.63) is 36.0 Å². The zero-order valence-corrected chi connectivity index (χ0v) is 23.1. The predicted molar refractivity (Wildman–Crippen MR) is 145 cm³/mol. The Labute approximate surface area is 222 Å². The molecule has 3 aliphatic heterocycles. The third-order valence-electron chi connectivity index (χ3n) is 8.42. The molecule has 1 saturated carbocycles. The average Bonchev–Trinajstić information content (AvgIpc) is 3.49. The molecule has 0 aromatic heterocycles. The Morgan fingerprint density at radius 3 is 2.83 bits per heavy atom. The number of carbonyl (C=O) groups is 3. The van der Waals surface area contributed by atoms with Gasteiger partial charge in [-0.15, -0.1) is 0 Å². The molecule has 0 unspecified atom stereocenters. The van der Waals surface area contributed by atoms with E-state index in [0.29, 0.717) is 31.4 Å². The molecule has 1 amide bonds. The van der Waals surface area contributed by atoms with E-state index in [-0.39, 0.29) is 41.7 Å². The van der Waals surface area contributed by atoms with Crippen LogP contribution in [0.25, 0.3) is 0 Å². The first-order valence-electron chi connectivity index (χ1n) is 13.2. The number of hydrogen-bond acceptors (Lipinski definition) is 7. The van der Waals surface area contributed by atoms with Crippen molar-refractivity contribution in [3.63, 3.8) is 0 Å². The smallest absolute Gasteiger partial charge is 0.338 e. The van der Waals surface area contributed by atoms with Crippen molar-refractivity contribution in [2.45, 2.75) is 82.4 Å². The monoisotopic (exact) mass is 533 g/mol. The van der Waals surface area contributed by atoms with E-state index in [1.54, 1.807) is 6.08 Å². The molecule has 5 atom stereocenters. The standard InChI is InChI=1S/C28H39NO5S2/c1-19-8-11-23-27(2,22(19)10-9-20-13-16-33-26(20)32)15-12-24(30)29-28(23,3)18-34-25(31)7-5-4-6-21-14-17-35-36-21/h9-10,13,21-23H,1,4-8,11-12,14-18H2,2-3H3,(H,29,30)/b10-9+/t21-,22-,23+,27+,28+/m1/s1. The highest BCUT2D eigenvalue weighted by atomic mass is 33.1. The molecule has 4 rings (SSSR count). The summed E-state index contributed by atoms with van der Waals surface area (Å²) in [6, 6.07) is 0. The summed E-state index contributed by atoms with van der Waals surface area (Å²) in [7, 11) is 3.92. The second-order valence-corrected chi connectivity index (χ2v) is 13.8. The number of fused-ring (bicyclic) bond motifs is 1. The molecule has 1 N–H and O–H groups in total. The number of rotatable bonds is 9. The lowest BCUT2D eigenvalue weighted by Crippen LogP contribution is -2.59. The van der Waals surface area contributed by atoms with Crippen LogP contribution in [-0.4, -0.2) is 47.6 Å². The van der Waals surface area contributed by atoms with Crippen LogP contribution in [0.3, 0.4) is 0 Å². The highest BCUT2D eigenvalue weighted by Gasteiger charge is 2.54. The largest absolute Gasteiger partial charge is 0.463 e. The van der Waals surface area contributed by atoms with Gasteiger partial charge in [0.05, 0.1) is 11.1 Å². The lowest BCUT2D eigenvalue weighted by atomic mass is 9.53. The van der Waals surface area contributed by atoms with Crippen LogP contribution < -0.4 is 5.32 Å². The topological polar surface area (TPSA) is 81.7 Å². The lowest BCUT2D eigenvalue weighted by Gasteiger charge is -2.53. The zero-order chi connectivity index (χ0) is 25.8. The van der Waals surface area contributed by atoms with Gasteiger partial charge < -0.3 is 14.8 Å². The molecule has 1 aliphatic carbocycles. The van der Waals surface area contributed by atoms with E-state index in [1.165, 1.54) is 12.2 Å². The highest BCUT2D eigenvalue weighted by molar-refractivity contribution is 8.77. The lowest BCUT2D eigenvalue weighted by molar-refractivity contribution is -0.149. The van der Waals surface area contributed by atoms with Crippen LogP contribution in [0.15, 0.2) is 36.0 Å². The van der Waals surface area contributed by atoms with Crippen LogP contribution in [0, 0.1) is 17.3 Å². The van der Waals surface area contributed by atoms with Crippen LogP contribution in [0.4, 0.5) is 0 Å². The normalized spacial score (nSPS) is 34.7. The molecule has 6 nitrogen and oxygen atoms in total. The number of allylic oxidation sites excluding steroid dienone is 2. The Balaban J connectivity index is 1.41. The predicted octanol–water partition coefficient (Wildman–Crippen LogP) is 5.54. The molecule has 0 bridgehead atoms. The molecule has 2 saturated heterocycles. The number of esters is 2. The van der Waals surface area contributed by atoms with E-state index in [9.17, 15) is 14.4 Å². The van der Waals surface area contributed by atoms with Gasteiger partial charge in [0.2, 0.25) is 5.91 Å². The molecule has 3 fully saturated rings. The SMILES string of the molecule is C=C1CC[C@H]2[C@@](C)(CCC(=O)N[C@@]2(C)COC(=O)CCCC[C@@H]2CCSS2)[C@@H]1/C=C/C1=CCOC1=O. The molecule has 0 aromatic carbocycles. The minimum atomic E-state index is -0.659. The summed E-state index contributed by atoms with van der Waals surface area (Å²) in [5.41, 5.74) is 0.767. The molecular weight excluding hydrogens is 494 g/mol. The van der Waals surface area contributed by atoms with Crippen molar-refractivity contribution in [3.8, 4) is 0 Å². The fourth-order valence-electron chi connectivity index (χ4n) is 6.44. The summed E-state index contributed by atoms with van der Waals surface area (Å²) in [6.07, 6.45) is 13.3. The van der Waals surface area contributed by atoms with Gasteiger partial charge in [0.25, 0.3) is 0 Å². The van der Waals surface area contributed by atoms with Crippen molar-refractivity contribution in [2.24, 2.45) is 17.3 Å². The van der Waals surface area contributed by atoms with Gasteiger partial charge in [0.1, 0.15) is 13.2 Å². The van der Waals surface area contributed by atoms with Gasteiger partial charge in [-0.1, -0.05) is 59.2 Å². The van der Waals surface area contributed by atoms with Crippen LogP contribution >= 0.6 is 21.6 Å². The van der Waals surface area contributed by atoms with Crippen LogP contribution in [-0.2, 0) is 23.9 Å². The highest BCUT2D eigenvalue weighted by Crippen LogP contribution is 2.55. The zero-order valence-electron chi connectivity index (χ0n) is 21.5. The summed E-state index contributed by atoms with van der Waals surface area (Å²) >= 11 is 0. The Bertz CT molecular complexity index is 940. The number of ether oxygens (including phenoxy) is 2. The van der Waals surface area contributed by atoms with Gasteiger partial charge in [-0.05, 0) is 62.9 Å². The molecule has 0 aromatic rings. The van der Waals surface area contributed by atoms with E-state index in [1.807, 2.05) is 34.6 Å². The van der Waals surface area contributed by atoms with E-state index in [4.69, 9.17) is 9.47 Å². The van der Waals surface area contributed by atoms with Crippen molar-refractivity contribution >= 4 is 39.4 Å². The Hall–Kier alpha value is -1.67. The quantitative estimate of drug-likeness (QED) is 0.180. The maximum absolute atomic E-state index is 12.8. The third-order valence-corrected chi connectivity index (χ3v) is 11.4. The summed E-state index contributed by atoms with van der Waals surface area (Å²) in [6.45, 7) is 9.08. The van der Waals surface area contributed by atoms with Crippen molar-refractivity contribution in [2.75, 3.05) is 19.0 Å². The summed E-state index contributed by atoms with van der Waals surface area (Å²) in [4.78, 5) is 37.3. The average molecular weight is 534 g/mol. The van der Waals surface area contributed by atoms with E-state index in [2.05, 4.69) is 24.9 Å². The van der Waals surface area contributed by atoms with E-state index in [0.717, 1.165) is 42.9 Å². The van der Waals surface area contributed by atoms with Crippen LogP contribution in [0.2, 0.25) is 0 Å². The van der Waals surface area contributed by atoms with Gasteiger partial charge in [-0.3, -0.25) is 9.59 Å². The van der Waals surface area contributed by atoms with Gasteiger partial charge in [-0.2, -0.15) is 0 Å². The maximum atomic E-state index is 12.8. The maximum Gasteiger partial charge on any atom is 0.338 e. The van der Waals surface area contributed by atoms with Gasteiger partial charge in [0.15, 0.2) is 0 Å². The molecule has 0 spiro atoms.